The van der Waals surface area contributed by atoms with Gasteiger partial charge in [0.05, 0.1) is 5.41 Å². The van der Waals surface area contributed by atoms with Gasteiger partial charge in [0.15, 0.2) is 0 Å². The number of alkyl halides is 1. The van der Waals surface area contributed by atoms with Crippen LogP contribution in [0.15, 0.2) is 0 Å². The Morgan fingerprint density at radius 3 is 2.56 bits per heavy atom. The minimum absolute atomic E-state index is 0.0793. The average molecular weight is 193 g/mol. The highest BCUT2D eigenvalue weighted by atomic mass is 79.9. The molecule has 0 unspecified atom stereocenters. The third-order valence-corrected chi connectivity index (χ3v) is 3.12. The van der Waals surface area contributed by atoms with Crippen molar-refractivity contribution in [1.29, 1.82) is 0 Å². The van der Waals surface area contributed by atoms with Crippen LogP contribution in [0.3, 0.4) is 0 Å². The zero-order valence-electron chi connectivity index (χ0n) is 5.15. The van der Waals surface area contributed by atoms with E-state index in [2.05, 4.69) is 21.4 Å². The van der Waals surface area contributed by atoms with Crippen molar-refractivity contribution in [2.24, 2.45) is 11.3 Å². The Labute approximate surface area is 62.1 Å². The monoisotopic (exact) mass is 192 g/mol. The van der Waals surface area contributed by atoms with Crippen LogP contribution in [-0.2, 0) is 4.79 Å². The molecule has 2 atom stereocenters. The van der Waals surface area contributed by atoms with E-state index in [-0.39, 0.29) is 11.3 Å². The van der Waals surface area contributed by atoms with Gasteiger partial charge in [-0.1, -0.05) is 15.9 Å². The fourth-order valence-corrected chi connectivity index (χ4v) is 1.59. The molecule has 4 heteroatoms. The summed E-state index contributed by atoms with van der Waals surface area (Å²) in [4.78, 5) is 11.2. The molecule has 1 aliphatic rings. The van der Waals surface area contributed by atoms with E-state index in [1.165, 1.54) is 0 Å². The first-order valence-corrected chi connectivity index (χ1v) is 3.68. The SMILES string of the molecule is C[C@@]1(C(=O)NN)C[C@H]1Br. The zero-order valence-corrected chi connectivity index (χ0v) is 6.73. The van der Waals surface area contributed by atoms with E-state index in [9.17, 15) is 4.79 Å². The average Bonchev–Trinajstić information content (AvgIpc) is 2.41. The smallest absolute Gasteiger partial charge is 0.240 e. The number of hydrogen-bond donors (Lipinski definition) is 2. The van der Waals surface area contributed by atoms with Gasteiger partial charge < -0.3 is 0 Å². The highest BCUT2D eigenvalue weighted by Gasteiger charge is 2.54. The molecule has 0 bridgehead atoms. The molecule has 3 nitrogen and oxygen atoms in total. The first-order chi connectivity index (χ1) is 4.11. The van der Waals surface area contributed by atoms with E-state index in [1.54, 1.807) is 0 Å². The molecule has 3 N–H and O–H groups in total. The van der Waals surface area contributed by atoms with Gasteiger partial charge in [0.25, 0.3) is 0 Å². The van der Waals surface area contributed by atoms with Crippen LogP contribution < -0.4 is 11.3 Å². The van der Waals surface area contributed by atoms with Gasteiger partial charge in [-0.25, -0.2) is 5.84 Å². The lowest BCUT2D eigenvalue weighted by molar-refractivity contribution is -0.125. The van der Waals surface area contributed by atoms with Crippen LogP contribution in [0, 0.1) is 5.41 Å². The zero-order chi connectivity index (χ0) is 7.07. The van der Waals surface area contributed by atoms with E-state index in [1.807, 2.05) is 6.92 Å². The molecule has 0 aromatic carbocycles. The van der Waals surface area contributed by atoms with Crippen LogP contribution in [0.4, 0.5) is 0 Å². The highest BCUT2D eigenvalue weighted by Crippen LogP contribution is 2.50. The van der Waals surface area contributed by atoms with Crippen LogP contribution in [0.2, 0.25) is 0 Å². The summed E-state index contributed by atoms with van der Waals surface area (Å²) in [5, 5.41) is 0. The Hall–Kier alpha value is -0.0900. The molecule has 0 heterocycles. The molecule has 52 valence electrons. The number of nitrogens with two attached hydrogens (primary N) is 1. The summed E-state index contributed by atoms with van der Waals surface area (Å²) in [6.45, 7) is 1.88. The van der Waals surface area contributed by atoms with Crippen molar-refractivity contribution in [2.45, 2.75) is 18.2 Å². The van der Waals surface area contributed by atoms with Crippen molar-refractivity contribution in [1.82, 2.24) is 5.43 Å². The van der Waals surface area contributed by atoms with E-state index >= 15 is 0 Å². The van der Waals surface area contributed by atoms with Gasteiger partial charge in [-0.3, -0.25) is 10.2 Å². The Kier molecular flexibility index (Phi) is 1.52. The van der Waals surface area contributed by atoms with E-state index < -0.39 is 0 Å². The first kappa shape index (κ1) is 7.02. The van der Waals surface area contributed by atoms with Gasteiger partial charge in [0.1, 0.15) is 0 Å². The molecule has 1 aliphatic carbocycles. The standard InChI is InChI=1S/C5H9BrN2O/c1-5(2-3(5)6)4(9)8-7/h3H,2,7H2,1H3,(H,8,9)/t3-,5-/m1/s1. The van der Waals surface area contributed by atoms with Gasteiger partial charge in [0, 0.05) is 4.83 Å². The molecule has 0 aromatic rings. The normalized spacial score (nSPS) is 40.1. The van der Waals surface area contributed by atoms with Crippen LogP contribution in [0.1, 0.15) is 13.3 Å². The lowest BCUT2D eigenvalue weighted by atomic mass is 10.1. The van der Waals surface area contributed by atoms with Crippen LogP contribution >= 0.6 is 15.9 Å². The topological polar surface area (TPSA) is 55.1 Å². The maximum Gasteiger partial charge on any atom is 0.240 e. The second kappa shape index (κ2) is 1.95. The van der Waals surface area contributed by atoms with Crippen molar-refractivity contribution >= 4 is 21.8 Å². The summed E-state index contributed by atoms with van der Waals surface area (Å²) < 4.78 is 0. The molecule has 9 heavy (non-hydrogen) atoms. The van der Waals surface area contributed by atoms with Gasteiger partial charge in [-0.15, -0.1) is 0 Å². The predicted octanol–water partition coefficient (Wildman–Crippen LogP) is 0.150. The number of halogens is 1. The van der Waals surface area contributed by atoms with Crippen molar-refractivity contribution < 1.29 is 4.79 Å². The van der Waals surface area contributed by atoms with Crippen LogP contribution in [-0.4, -0.2) is 10.7 Å². The Bertz CT molecular complexity index is 150. The number of carbonyl (C=O) groups is 1. The first-order valence-electron chi connectivity index (χ1n) is 2.76. The van der Waals surface area contributed by atoms with Gasteiger partial charge >= 0.3 is 0 Å². The maximum absolute atomic E-state index is 10.8. The fourth-order valence-electron chi connectivity index (χ4n) is 0.713. The molecule has 1 rings (SSSR count). The lowest BCUT2D eigenvalue weighted by Crippen LogP contribution is -2.36. The number of amides is 1. The molecule has 1 saturated carbocycles. The molecule has 0 radical (unpaired) electrons. The third-order valence-electron chi connectivity index (χ3n) is 1.78. The summed E-state index contributed by atoms with van der Waals surface area (Å²) in [6.07, 6.45) is 0.885. The minimum Gasteiger partial charge on any atom is -0.294 e. The lowest BCUT2D eigenvalue weighted by Gasteiger charge is -2.04. The van der Waals surface area contributed by atoms with E-state index in [0.29, 0.717) is 4.83 Å². The van der Waals surface area contributed by atoms with E-state index in [4.69, 9.17) is 5.84 Å². The molecule has 1 fully saturated rings. The highest BCUT2D eigenvalue weighted by molar-refractivity contribution is 9.09. The Balaban J connectivity index is 2.53. The minimum atomic E-state index is -0.241. The van der Waals surface area contributed by atoms with Crippen molar-refractivity contribution in [3.63, 3.8) is 0 Å². The van der Waals surface area contributed by atoms with E-state index in [0.717, 1.165) is 6.42 Å². The molecular weight excluding hydrogens is 184 g/mol. The third kappa shape index (κ3) is 0.966. The van der Waals surface area contributed by atoms with Crippen LogP contribution in [0.5, 0.6) is 0 Å². The molecule has 0 aliphatic heterocycles. The number of rotatable bonds is 1. The van der Waals surface area contributed by atoms with Crippen LogP contribution in [0.25, 0.3) is 0 Å². The summed E-state index contributed by atoms with van der Waals surface area (Å²) in [5.41, 5.74) is 1.89. The summed E-state index contributed by atoms with van der Waals surface area (Å²) in [7, 11) is 0. The second-order valence-corrected chi connectivity index (χ2v) is 3.67. The second-order valence-electron chi connectivity index (χ2n) is 2.56. The molecule has 0 aromatic heterocycles. The Morgan fingerprint density at radius 2 is 2.44 bits per heavy atom. The molecule has 1 amide bonds. The fraction of sp³-hybridized carbons (Fsp3) is 0.800. The quantitative estimate of drug-likeness (QED) is 0.269. The number of hydrazine groups is 1. The number of hydrogen-bond acceptors (Lipinski definition) is 2. The van der Waals surface area contributed by atoms with Crippen molar-refractivity contribution in [3.8, 4) is 0 Å². The van der Waals surface area contributed by atoms with Gasteiger partial charge in [-0.05, 0) is 13.3 Å². The number of carbonyl (C=O) groups excluding carboxylic acids is 1. The molecular formula is C5H9BrN2O. The summed E-state index contributed by atoms with van der Waals surface area (Å²) in [6, 6.07) is 0. The largest absolute Gasteiger partial charge is 0.294 e. The van der Waals surface area contributed by atoms with Gasteiger partial charge in [0.2, 0.25) is 5.91 Å². The number of nitrogens with one attached hydrogen (secondary N) is 1. The maximum atomic E-state index is 10.8. The predicted molar refractivity (Wildman–Crippen MR) is 37.8 cm³/mol. The Morgan fingerprint density at radius 1 is 2.00 bits per heavy atom. The van der Waals surface area contributed by atoms with Crippen molar-refractivity contribution in [2.75, 3.05) is 0 Å². The summed E-state index contributed by atoms with van der Waals surface area (Å²) in [5.74, 6) is 4.86. The molecule has 0 saturated heterocycles. The van der Waals surface area contributed by atoms with Crippen molar-refractivity contribution in [3.05, 3.63) is 0 Å². The summed E-state index contributed by atoms with van der Waals surface area (Å²) >= 11 is 3.33. The molecule has 0 spiro atoms. The van der Waals surface area contributed by atoms with Gasteiger partial charge in [-0.2, -0.15) is 0 Å².